The Kier molecular flexibility index (Phi) is 7.95. The van der Waals surface area contributed by atoms with Crippen LogP contribution in [0.3, 0.4) is 0 Å². The van der Waals surface area contributed by atoms with E-state index in [2.05, 4.69) is 6.92 Å². The number of ether oxygens (including phenoxy) is 1. The van der Waals surface area contributed by atoms with Crippen molar-refractivity contribution in [1.82, 2.24) is 0 Å². The summed E-state index contributed by atoms with van der Waals surface area (Å²) in [5, 5.41) is 0. The van der Waals surface area contributed by atoms with Gasteiger partial charge in [-0.15, -0.1) is 0 Å². The summed E-state index contributed by atoms with van der Waals surface area (Å²) in [5.41, 5.74) is 1.05. The van der Waals surface area contributed by atoms with Gasteiger partial charge in [-0.1, -0.05) is 76.3 Å². The summed E-state index contributed by atoms with van der Waals surface area (Å²) in [6.07, 6.45) is 7.13. The van der Waals surface area contributed by atoms with E-state index in [-0.39, 0.29) is 11.9 Å². The Balaban J connectivity index is 2.14. The molecule has 0 amide bonds. The second kappa shape index (κ2) is 9.60. The first kappa shape index (κ1) is 15.7. The molecule has 106 valence electrons. The number of esters is 1. The first-order valence-electron chi connectivity index (χ1n) is 7.44. The predicted octanol–water partition coefficient (Wildman–Crippen LogP) is 4.73. The van der Waals surface area contributed by atoms with Crippen LogP contribution in [-0.2, 0) is 16.1 Å². The van der Waals surface area contributed by atoms with Gasteiger partial charge in [-0.25, -0.2) is 0 Å². The zero-order valence-corrected chi connectivity index (χ0v) is 12.2. The van der Waals surface area contributed by atoms with Crippen LogP contribution in [0.15, 0.2) is 30.3 Å². The Bertz CT molecular complexity index is 346. The van der Waals surface area contributed by atoms with E-state index in [9.17, 15) is 4.79 Å². The maximum absolute atomic E-state index is 11.8. The van der Waals surface area contributed by atoms with Crippen molar-refractivity contribution in [3.63, 3.8) is 0 Å². The van der Waals surface area contributed by atoms with E-state index in [1.54, 1.807) is 0 Å². The van der Waals surface area contributed by atoms with Crippen LogP contribution >= 0.6 is 0 Å². The van der Waals surface area contributed by atoms with E-state index in [4.69, 9.17) is 4.74 Å². The number of rotatable bonds is 9. The molecular weight excluding hydrogens is 236 g/mol. The Labute approximate surface area is 117 Å². The third-order valence-corrected chi connectivity index (χ3v) is 3.37. The number of carbonyl (C=O) groups excluding carboxylic acids is 1. The van der Waals surface area contributed by atoms with E-state index < -0.39 is 0 Å². The first-order chi connectivity index (χ1) is 9.24. The first-order valence-corrected chi connectivity index (χ1v) is 7.44. The fourth-order valence-corrected chi connectivity index (χ4v) is 2.04. The number of unbranched alkanes of at least 4 members (excludes halogenated alkanes) is 4. The summed E-state index contributed by atoms with van der Waals surface area (Å²) >= 11 is 0. The molecule has 0 saturated heterocycles. The second-order valence-electron chi connectivity index (χ2n) is 5.20. The van der Waals surface area contributed by atoms with Gasteiger partial charge in [0.1, 0.15) is 6.61 Å². The smallest absolute Gasteiger partial charge is 0.308 e. The van der Waals surface area contributed by atoms with E-state index in [1.165, 1.54) is 25.7 Å². The van der Waals surface area contributed by atoms with Crippen LogP contribution in [0.1, 0.15) is 57.9 Å². The molecule has 0 fully saturated rings. The molecule has 1 unspecified atom stereocenters. The second-order valence-corrected chi connectivity index (χ2v) is 5.20. The summed E-state index contributed by atoms with van der Waals surface area (Å²) in [5.74, 6) is -0.0512. The van der Waals surface area contributed by atoms with Crippen LogP contribution < -0.4 is 0 Å². The Hall–Kier alpha value is -1.31. The topological polar surface area (TPSA) is 26.3 Å². The van der Waals surface area contributed by atoms with Gasteiger partial charge in [0, 0.05) is 0 Å². The van der Waals surface area contributed by atoms with Crippen LogP contribution in [0.5, 0.6) is 0 Å². The van der Waals surface area contributed by atoms with Crippen molar-refractivity contribution < 1.29 is 9.53 Å². The zero-order chi connectivity index (χ0) is 13.9. The van der Waals surface area contributed by atoms with Crippen molar-refractivity contribution in [2.75, 3.05) is 0 Å². The minimum absolute atomic E-state index is 0.0188. The Morgan fingerprint density at radius 1 is 1.11 bits per heavy atom. The molecule has 1 aromatic rings. The molecule has 0 aliphatic rings. The van der Waals surface area contributed by atoms with Crippen molar-refractivity contribution in [2.24, 2.45) is 5.92 Å². The average molecular weight is 262 g/mol. The van der Waals surface area contributed by atoms with Crippen molar-refractivity contribution in [1.29, 1.82) is 0 Å². The lowest BCUT2D eigenvalue weighted by molar-refractivity contribution is -0.149. The summed E-state index contributed by atoms with van der Waals surface area (Å²) in [6.45, 7) is 4.57. The molecule has 0 radical (unpaired) electrons. The molecular formula is C17H26O2. The van der Waals surface area contributed by atoms with Crippen LogP contribution in [0.25, 0.3) is 0 Å². The van der Waals surface area contributed by atoms with Crippen molar-refractivity contribution in [2.45, 2.75) is 59.0 Å². The molecule has 0 aliphatic heterocycles. The lowest BCUT2D eigenvalue weighted by atomic mass is 10.0. The summed E-state index contributed by atoms with van der Waals surface area (Å²) in [7, 11) is 0. The van der Waals surface area contributed by atoms with Gasteiger partial charge in [0.25, 0.3) is 0 Å². The van der Waals surface area contributed by atoms with Crippen molar-refractivity contribution in [3.8, 4) is 0 Å². The average Bonchev–Trinajstić information content (AvgIpc) is 2.45. The van der Waals surface area contributed by atoms with Gasteiger partial charge in [0.15, 0.2) is 0 Å². The molecule has 19 heavy (non-hydrogen) atoms. The van der Waals surface area contributed by atoms with E-state index in [1.807, 2.05) is 37.3 Å². The maximum Gasteiger partial charge on any atom is 0.308 e. The van der Waals surface area contributed by atoms with E-state index in [0.717, 1.165) is 18.4 Å². The zero-order valence-electron chi connectivity index (χ0n) is 12.2. The molecule has 0 N–H and O–H groups in total. The monoisotopic (exact) mass is 262 g/mol. The molecule has 0 spiro atoms. The number of hydrogen-bond acceptors (Lipinski definition) is 2. The SMILES string of the molecule is CCCCCCCC(C)C(=O)OCc1ccccc1. The van der Waals surface area contributed by atoms with Gasteiger partial charge in [-0.2, -0.15) is 0 Å². The highest BCUT2D eigenvalue weighted by molar-refractivity contribution is 5.71. The molecule has 0 aromatic heterocycles. The molecule has 1 rings (SSSR count). The minimum atomic E-state index is -0.0701. The Morgan fingerprint density at radius 3 is 2.47 bits per heavy atom. The fraction of sp³-hybridized carbons (Fsp3) is 0.588. The van der Waals surface area contributed by atoms with Crippen LogP contribution in [0.4, 0.5) is 0 Å². The number of carbonyl (C=O) groups is 1. The molecule has 0 aliphatic carbocycles. The quantitative estimate of drug-likeness (QED) is 0.475. The highest BCUT2D eigenvalue weighted by Crippen LogP contribution is 2.13. The van der Waals surface area contributed by atoms with Crippen molar-refractivity contribution >= 4 is 5.97 Å². The minimum Gasteiger partial charge on any atom is -0.461 e. The highest BCUT2D eigenvalue weighted by Gasteiger charge is 2.13. The lowest BCUT2D eigenvalue weighted by Gasteiger charge is -2.11. The molecule has 2 heteroatoms. The largest absolute Gasteiger partial charge is 0.461 e. The third-order valence-electron chi connectivity index (χ3n) is 3.37. The molecule has 2 nitrogen and oxygen atoms in total. The molecule has 1 atom stereocenters. The normalized spacial score (nSPS) is 12.1. The lowest BCUT2D eigenvalue weighted by Crippen LogP contribution is -2.14. The standard InChI is InChI=1S/C17H26O2/c1-3-4-5-6-8-11-15(2)17(18)19-14-16-12-9-7-10-13-16/h7,9-10,12-13,15H,3-6,8,11,14H2,1-2H3. The van der Waals surface area contributed by atoms with Gasteiger partial charge in [-0.05, 0) is 12.0 Å². The van der Waals surface area contributed by atoms with Crippen molar-refractivity contribution in [3.05, 3.63) is 35.9 Å². The predicted molar refractivity (Wildman–Crippen MR) is 78.8 cm³/mol. The summed E-state index contributed by atoms with van der Waals surface area (Å²) < 4.78 is 5.33. The van der Waals surface area contributed by atoms with Gasteiger partial charge in [0.05, 0.1) is 5.92 Å². The molecule has 1 aromatic carbocycles. The maximum atomic E-state index is 11.8. The number of benzene rings is 1. The van der Waals surface area contributed by atoms with E-state index >= 15 is 0 Å². The van der Waals surface area contributed by atoms with Crippen LogP contribution in [0, 0.1) is 5.92 Å². The van der Waals surface area contributed by atoms with Crippen LogP contribution in [-0.4, -0.2) is 5.97 Å². The molecule has 0 heterocycles. The van der Waals surface area contributed by atoms with E-state index in [0.29, 0.717) is 6.61 Å². The van der Waals surface area contributed by atoms with Gasteiger partial charge in [-0.3, -0.25) is 4.79 Å². The highest BCUT2D eigenvalue weighted by atomic mass is 16.5. The van der Waals surface area contributed by atoms with Gasteiger partial charge in [0.2, 0.25) is 0 Å². The van der Waals surface area contributed by atoms with Gasteiger partial charge < -0.3 is 4.74 Å². The van der Waals surface area contributed by atoms with Crippen LogP contribution in [0.2, 0.25) is 0 Å². The Morgan fingerprint density at radius 2 is 1.79 bits per heavy atom. The fourth-order valence-electron chi connectivity index (χ4n) is 2.04. The molecule has 0 saturated carbocycles. The number of hydrogen-bond donors (Lipinski definition) is 0. The van der Waals surface area contributed by atoms with Gasteiger partial charge >= 0.3 is 5.97 Å². The third kappa shape index (κ3) is 7.00. The summed E-state index contributed by atoms with van der Waals surface area (Å²) in [4.78, 5) is 11.8. The summed E-state index contributed by atoms with van der Waals surface area (Å²) in [6, 6.07) is 9.83. The molecule has 0 bridgehead atoms.